The maximum Gasteiger partial charge on any atom is 0.245 e. The Hall–Kier alpha value is -2.17. The van der Waals surface area contributed by atoms with Crippen molar-refractivity contribution in [3.8, 4) is 0 Å². The van der Waals surface area contributed by atoms with Gasteiger partial charge in [-0.25, -0.2) is 8.42 Å². The van der Waals surface area contributed by atoms with Crippen LogP contribution in [0.25, 0.3) is 0 Å². The fourth-order valence-corrected chi connectivity index (χ4v) is 5.80. The Kier molecular flexibility index (Phi) is 8.50. The number of carbonyl (C=O) groups is 2. The fraction of sp³-hybridized carbons (Fsp3) is 0.636. The Morgan fingerprint density at radius 3 is 2.44 bits per heavy atom. The van der Waals surface area contributed by atoms with Gasteiger partial charge in [0.2, 0.25) is 21.8 Å². The molecule has 10 heteroatoms. The van der Waals surface area contributed by atoms with Crippen LogP contribution in [-0.4, -0.2) is 63.9 Å². The number of rotatable bonds is 9. The third-order valence-electron chi connectivity index (χ3n) is 6.08. The number of hydrogen-bond acceptors (Lipinski definition) is 6. The van der Waals surface area contributed by atoms with Gasteiger partial charge in [0, 0.05) is 44.2 Å². The smallest absolute Gasteiger partial charge is 0.245 e. The molecule has 178 valence electrons. The molecule has 0 radical (unpaired) electrons. The molecule has 2 saturated heterocycles. The molecule has 32 heavy (non-hydrogen) atoms. The van der Waals surface area contributed by atoms with Crippen LogP contribution in [0.2, 0.25) is 0 Å². The lowest BCUT2D eigenvalue weighted by Gasteiger charge is -2.35. The first-order valence-corrected chi connectivity index (χ1v) is 12.8. The van der Waals surface area contributed by atoms with Crippen LogP contribution in [-0.2, 0) is 24.3 Å². The van der Waals surface area contributed by atoms with Gasteiger partial charge in [-0.3, -0.25) is 9.59 Å². The van der Waals surface area contributed by atoms with Gasteiger partial charge >= 0.3 is 0 Å². The van der Waals surface area contributed by atoms with Crippen LogP contribution in [0, 0.1) is 5.92 Å². The van der Waals surface area contributed by atoms with Gasteiger partial charge in [0.15, 0.2) is 0 Å². The van der Waals surface area contributed by atoms with E-state index in [0.717, 1.165) is 19.3 Å². The van der Waals surface area contributed by atoms with E-state index < -0.39 is 10.0 Å². The summed E-state index contributed by atoms with van der Waals surface area (Å²) in [6.45, 7) is 4.45. The van der Waals surface area contributed by atoms with Crippen molar-refractivity contribution in [1.29, 1.82) is 0 Å². The number of piperidine rings is 1. The van der Waals surface area contributed by atoms with Crippen LogP contribution in [0.15, 0.2) is 23.1 Å². The van der Waals surface area contributed by atoms with E-state index in [4.69, 9.17) is 10.5 Å². The number of nitrogens with two attached hydrogens (primary N) is 1. The molecule has 0 aromatic heterocycles. The summed E-state index contributed by atoms with van der Waals surface area (Å²) in [6.07, 6.45) is 4.38. The van der Waals surface area contributed by atoms with Crippen molar-refractivity contribution in [2.24, 2.45) is 11.7 Å². The number of carbonyl (C=O) groups excluding carboxylic acids is 2. The van der Waals surface area contributed by atoms with Crippen molar-refractivity contribution in [2.45, 2.75) is 50.3 Å². The average molecular weight is 467 g/mol. The van der Waals surface area contributed by atoms with E-state index in [-0.39, 0.29) is 22.6 Å². The van der Waals surface area contributed by atoms with Gasteiger partial charge in [0.1, 0.15) is 4.90 Å². The zero-order valence-electron chi connectivity index (χ0n) is 18.7. The molecular weight excluding hydrogens is 432 g/mol. The second kappa shape index (κ2) is 11.1. The fourth-order valence-electron chi connectivity index (χ4n) is 4.15. The monoisotopic (exact) mass is 466 g/mol. The number of anilines is 2. The summed E-state index contributed by atoms with van der Waals surface area (Å²) in [5.41, 5.74) is 6.50. The van der Waals surface area contributed by atoms with Crippen LogP contribution in [0.5, 0.6) is 0 Å². The topological polar surface area (TPSA) is 122 Å². The second-order valence-corrected chi connectivity index (χ2v) is 10.3. The number of ether oxygens (including phenoxy) is 1. The van der Waals surface area contributed by atoms with Crippen molar-refractivity contribution >= 4 is 33.2 Å². The number of sulfonamides is 1. The van der Waals surface area contributed by atoms with E-state index in [1.54, 1.807) is 18.2 Å². The van der Waals surface area contributed by atoms with E-state index >= 15 is 0 Å². The third-order valence-corrected chi connectivity index (χ3v) is 8.00. The molecule has 0 atom stereocenters. The third kappa shape index (κ3) is 5.99. The summed E-state index contributed by atoms with van der Waals surface area (Å²) in [5.74, 6) is -0.623. The van der Waals surface area contributed by atoms with Crippen molar-refractivity contribution in [1.82, 2.24) is 4.31 Å². The highest BCUT2D eigenvalue weighted by atomic mass is 32.2. The van der Waals surface area contributed by atoms with Crippen molar-refractivity contribution in [2.75, 3.05) is 49.6 Å². The summed E-state index contributed by atoms with van der Waals surface area (Å²) in [7, 11) is -3.78. The molecule has 2 amide bonds. The molecule has 0 unspecified atom stereocenters. The van der Waals surface area contributed by atoms with E-state index in [2.05, 4.69) is 12.2 Å². The Morgan fingerprint density at radius 1 is 1.12 bits per heavy atom. The zero-order valence-corrected chi connectivity index (χ0v) is 19.5. The molecule has 0 bridgehead atoms. The number of primary amides is 1. The highest BCUT2D eigenvalue weighted by Crippen LogP contribution is 2.33. The van der Waals surface area contributed by atoms with E-state index in [1.807, 2.05) is 4.90 Å². The Balaban J connectivity index is 1.87. The largest absolute Gasteiger partial charge is 0.379 e. The molecule has 3 rings (SSSR count). The Morgan fingerprint density at radius 2 is 1.81 bits per heavy atom. The normalized spacial score (nSPS) is 18.5. The summed E-state index contributed by atoms with van der Waals surface area (Å²) in [5, 5.41) is 2.84. The molecule has 2 heterocycles. The molecule has 1 aromatic carbocycles. The van der Waals surface area contributed by atoms with E-state index in [1.165, 1.54) is 4.31 Å². The van der Waals surface area contributed by atoms with Crippen LogP contribution in [0.1, 0.15) is 45.4 Å². The number of unbranched alkanes of at least 4 members (excludes halogenated alkanes) is 2. The SMILES string of the molecule is CCCCCC(=O)Nc1ccc(N2CCC(C(N)=O)CC2)c(S(=O)(=O)N2CCOCC2)c1. The first kappa shape index (κ1) is 24.5. The molecule has 3 N–H and O–H groups in total. The van der Waals surface area contributed by atoms with Crippen LogP contribution in [0.3, 0.4) is 0 Å². The number of benzene rings is 1. The maximum atomic E-state index is 13.5. The summed E-state index contributed by atoms with van der Waals surface area (Å²) in [6, 6.07) is 5.04. The summed E-state index contributed by atoms with van der Waals surface area (Å²) < 4.78 is 33.8. The molecule has 1 aromatic rings. The highest BCUT2D eigenvalue weighted by molar-refractivity contribution is 7.89. The highest BCUT2D eigenvalue weighted by Gasteiger charge is 2.32. The molecule has 0 aliphatic carbocycles. The average Bonchev–Trinajstić information content (AvgIpc) is 2.80. The van der Waals surface area contributed by atoms with Gasteiger partial charge in [0.05, 0.1) is 18.9 Å². The van der Waals surface area contributed by atoms with Gasteiger partial charge in [-0.1, -0.05) is 19.8 Å². The van der Waals surface area contributed by atoms with Crippen molar-refractivity contribution in [3.63, 3.8) is 0 Å². The van der Waals surface area contributed by atoms with Crippen LogP contribution in [0.4, 0.5) is 11.4 Å². The number of amides is 2. The minimum atomic E-state index is -3.78. The number of morpholine rings is 1. The summed E-state index contributed by atoms with van der Waals surface area (Å²) in [4.78, 5) is 26.0. The molecule has 2 fully saturated rings. The molecular formula is C22H34N4O5S. The molecule has 2 aliphatic heterocycles. The van der Waals surface area contributed by atoms with Gasteiger partial charge in [-0.05, 0) is 37.5 Å². The number of nitrogens with zero attached hydrogens (tertiary/aromatic N) is 2. The Labute approximate surface area is 190 Å². The Bertz CT molecular complexity index is 907. The lowest BCUT2D eigenvalue weighted by molar-refractivity contribution is -0.122. The van der Waals surface area contributed by atoms with Gasteiger partial charge in [-0.2, -0.15) is 4.31 Å². The van der Waals surface area contributed by atoms with Crippen molar-refractivity contribution in [3.05, 3.63) is 18.2 Å². The number of hydrogen-bond donors (Lipinski definition) is 2. The molecule has 2 aliphatic rings. The quantitative estimate of drug-likeness (QED) is 0.536. The molecule has 0 saturated carbocycles. The van der Waals surface area contributed by atoms with Gasteiger partial charge < -0.3 is 20.7 Å². The first-order valence-electron chi connectivity index (χ1n) is 11.4. The van der Waals surface area contributed by atoms with E-state index in [9.17, 15) is 18.0 Å². The van der Waals surface area contributed by atoms with Crippen LogP contribution < -0.4 is 16.0 Å². The number of nitrogens with one attached hydrogen (secondary N) is 1. The predicted octanol–water partition coefficient (Wildman–Crippen LogP) is 1.93. The van der Waals surface area contributed by atoms with Crippen LogP contribution >= 0.6 is 0 Å². The summed E-state index contributed by atoms with van der Waals surface area (Å²) >= 11 is 0. The molecule has 0 spiro atoms. The minimum Gasteiger partial charge on any atom is -0.379 e. The second-order valence-electron chi connectivity index (χ2n) is 8.37. The lowest BCUT2D eigenvalue weighted by Crippen LogP contribution is -2.42. The predicted molar refractivity (Wildman–Crippen MR) is 123 cm³/mol. The van der Waals surface area contributed by atoms with Crippen molar-refractivity contribution < 1.29 is 22.7 Å². The van der Waals surface area contributed by atoms with Gasteiger partial charge in [-0.15, -0.1) is 0 Å². The molecule has 9 nitrogen and oxygen atoms in total. The lowest BCUT2D eigenvalue weighted by atomic mass is 9.96. The van der Waals surface area contributed by atoms with E-state index in [0.29, 0.717) is 70.0 Å². The maximum absolute atomic E-state index is 13.5. The minimum absolute atomic E-state index is 0.122. The van der Waals surface area contributed by atoms with Gasteiger partial charge in [0.25, 0.3) is 0 Å². The zero-order chi connectivity index (χ0) is 23.1. The standard InChI is InChI=1S/C22H34N4O5S/c1-2-3-4-5-21(27)24-18-6-7-19(25-10-8-17(9-11-25)22(23)28)20(16-18)32(29,30)26-12-14-31-15-13-26/h6-7,16-17H,2-5,8-15H2,1H3,(H2,23,28)(H,24,27). The first-order chi connectivity index (χ1) is 15.3.